The Labute approximate surface area is 160 Å². The molecule has 0 aliphatic carbocycles. The van der Waals surface area contributed by atoms with E-state index < -0.39 is 18.2 Å². The first-order valence-electron chi connectivity index (χ1n) is 8.88. The number of para-hydroxylation sites is 1. The topological polar surface area (TPSA) is 101 Å². The monoisotopic (exact) mass is 381 g/mol. The Morgan fingerprint density at radius 3 is 2.68 bits per heavy atom. The van der Waals surface area contributed by atoms with Crippen LogP contribution in [0.15, 0.2) is 48.5 Å². The summed E-state index contributed by atoms with van der Waals surface area (Å²) in [5.41, 5.74) is 1.87. The van der Waals surface area contributed by atoms with Crippen molar-refractivity contribution in [1.82, 2.24) is 25.2 Å². The molecule has 9 nitrogen and oxygen atoms in total. The number of hydrogen-bond acceptors (Lipinski definition) is 6. The molecule has 144 valence electrons. The first-order valence-corrected chi connectivity index (χ1v) is 8.88. The Bertz CT molecular complexity index is 1050. The lowest BCUT2D eigenvalue weighted by atomic mass is 10.1. The van der Waals surface area contributed by atoms with Crippen molar-refractivity contribution in [2.24, 2.45) is 5.92 Å². The van der Waals surface area contributed by atoms with Crippen molar-refractivity contribution < 1.29 is 19.5 Å². The molecule has 2 amide bonds. The summed E-state index contributed by atoms with van der Waals surface area (Å²) in [5.74, 6) is -0.451. The van der Waals surface area contributed by atoms with Crippen molar-refractivity contribution in [3.8, 4) is 0 Å². The molecule has 1 aliphatic heterocycles. The van der Waals surface area contributed by atoms with Gasteiger partial charge in [-0.15, -0.1) is 5.10 Å². The highest BCUT2D eigenvalue weighted by Crippen LogP contribution is 2.33. The van der Waals surface area contributed by atoms with Crippen molar-refractivity contribution in [3.05, 3.63) is 59.7 Å². The lowest BCUT2D eigenvalue weighted by molar-refractivity contribution is -0.0977. The number of benzene rings is 2. The Balaban J connectivity index is 1.65. The average Bonchev–Trinajstić information content (AvgIpc) is 3.20. The summed E-state index contributed by atoms with van der Waals surface area (Å²) in [5, 5.41) is 20.6. The second-order valence-corrected chi connectivity index (χ2v) is 6.89. The maximum atomic E-state index is 12.9. The van der Waals surface area contributed by atoms with Crippen molar-refractivity contribution in [2.45, 2.75) is 20.1 Å². The van der Waals surface area contributed by atoms with Crippen molar-refractivity contribution in [2.75, 3.05) is 6.54 Å². The number of amides is 2. The Morgan fingerprint density at radius 2 is 1.93 bits per heavy atom. The molecular formula is C19H19N5O4. The third-order valence-electron chi connectivity index (χ3n) is 4.40. The highest BCUT2D eigenvalue weighted by atomic mass is 16.7. The van der Waals surface area contributed by atoms with Crippen LogP contribution in [0.3, 0.4) is 0 Å². The van der Waals surface area contributed by atoms with E-state index in [1.165, 1.54) is 0 Å². The Hall–Kier alpha value is -3.46. The van der Waals surface area contributed by atoms with Gasteiger partial charge in [0.15, 0.2) is 6.23 Å². The number of rotatable bonds is 4. The highest BCUT2D eigenvalue weighted by Gasteiger charge is 2.42. The van der Waals surface area contributed by atoms with Crippen LogP contribution >= 0.6 is 0 Å². The van der Waals surface area contributed by atoms with Crippen molar-refractivity contribution in [1.29, 1.82) is 0 Å². The van der Waals surface area contributed by atoms with E-state index in [0.29, 0.717) is 22.2 Å². The molecule has 9 heteroatoms. The molecule has 0 bridgehead atoms. The average molecular weight is 381 g/mol. The number of carbonyl (C=O) groups excluding carboxylic acids is 2. The number of fused-ring (bicyclic) bond motifs is 2. The number of aliphatic hydroxyl groups excluding tert-OH is 1. The quantitative estimate of drug-likeness (QED) is 0.694. The maximum absolute atomic E-state index is 12.9. The molecule has 28 heavy (non-hydrogen) atoms. The van der Waals surface area contributed by atoms with E-state index in [1.807, 2.05) is 13.8 Å². The molecule has 1 N–H and O–H groups in total. The van der Waals surface area contributed by atoms with Crippen LogP contribution < -0.4 is 4.84 Å². The molecule has 1 aliphatic rings. The van der Waals surface area contributed by atoms with Crippen molar-refractivity contribution in [3.63, 3.8) is 0 Å². The minimum absolute atomic E-state index is 0.0174. The fraction of sp³-hybridized carbons (Fsp3) is 0.263. The van der Waals surface area contributed by atoms with E-state index in [4.69, 9.17) is 4.84 Å². The SMILES string of the molecule is CC(C)CN(C(=O)On1nnc2ccccc21)N1C(=O)c2ccccc2C1O. The molecule has 4 rings (SSSR count). The maximum Gasteiger partial charge on any atom is 0.455 e. The van der Waals surface area contributed by atoms with E-state index >= 15 is 0 Å². The van der Waals surface area contributed by atoms with Gasteiger partial charge in [-0.05, 0) is 29.3 Å². The summed E-state index contributed by atoms with van der Waals surface area (Å²) >= 11 is 0. The summed E-state index contributed by atoms with van der Waals surface area (Å²) in [6.45, 7) is 3.96. The number of aliphatic hydroxyl groups is 1. The second kappa shape index (κ2) is 6.93. The van der Waals surface area contributed by atoms with Crippen LogP contribution in [0.5, 0.6) is 0 Å². The molecule has 1 aromatic heterocycles. The fourth-order valence-corrected chi connectivity index (χ4v) is 3.16. The van der Waals surface area contributed by atoms with Gasteiger partial charge in [0, 0.05) is 17.7 Å². The number of carbonyl (C=O) groups is 2. The standard InChI is InChI=1S/C19H19N5O4/c1-12(2)11-22(23-17(25)13-7-3-4-8-14(13)18(23)26)19(27)28-24-16-10-6-5-9-15(16)20-21-24/h3-10,12,17,25H,11H2,1-2H3. The van der Waals surface area contributed by atoms with E-state index in [9.17, 15) is 14.7 Å². The molecule has 2 aromatic carbocycles. The van der Waals surface area contributed by atoms with E-state index in [2.05, 4.69) is 10.3 Å². The number of hydrazine groups is 1. The van der Waals surface area contributed by atoms with Crippen LogP contribution in [-0.2, 0) is 0 Å². The minimum atomic E-state index is -1.28. The van der Waals surface area contributed by atoms with Gasteiger partial charge >= 0.3 is 6.09 Å². The third kappa shape index (κ3) is 2.95. The first kappa shape index (κ1) is 17.9. The van der Waals surface area contributed by atoms with Crippen LogP contribution in [0.2, 0.25) is 0 Å². The summed E-state index contributed by atoms with van der Waals surface area (Å²) in [7, 11) is 0. The van der Waals surface area contributed by atoms with Gasteiger partial charge in [0.1, 0.15) is 11.0 Å². The lowest BCUT2D eigenvalue weighted by Gasteiger charge is -2.33. The molecule has 0 radical (unpaired) electrons. The van der Waals surface area contributed by atoms with Gasteiger partial charge in [-0.1, -0.05) is 49.0 Å². The molecule has 3 aromatic rings. The molecule has 1 unspecified atom stereocenters. The fourth-order valence-electron chi connectivity index (χ4n) is 3.16. The molecule has 0 saturated carbocycles. The van der Waals surface area contributed by atoms with Crippen molar-refractivity contribution >= 4 is 23.0 Å². The largest absolute Gasteiger partial charge is 0.455 e. The van der Waals surface area contributed by atoms with Crippen LogP contribution in [0.4, 0.5) is 4.79 Å². The van der Waals surface area contributed by atoms with Crippen LogP contribution in [-0.4, -0.2) is 48.8 Å². The smallest absolute Gasteiger partial charge is 0.368 e. The molecule has 1 atom stereocenters. The number of nitrogens with zero attached hydrogens (tertiary/aromatic N) is 5. The molecular weight excluding hydrogens is 362 g/mol. The van der Waals surface area contributed by atoms with E-state index in [-0.39, 0.29) is 12.5 Å². The molecule has 0 fully saturated rings. The third-order valence-corrected chi connectivity index (χ3v) is 4.40. The van der Waals surface area contributed by atoms with Gasteiger partial charge in [0.05, 0.1) is 0 Å². The zero-order valence-electron chi connectivity index (χ0n) is 15.4. The zero-order chi connectivity index (χ0) is 19.8. The number of aromatic nitrogens is 3. The van der Waals surface area contributed by atoms with Gasteiger partial charge < -0.3 is 5.11 Å². The van der Waals surface area contributed by atoms with E-state index in [1.54, 1.807) is 48.5 Å². The zero-order valence-corrected chi connectivity index (χ0v) is 15.4. The molecule has 0 saturated heterocycles. The summed E-state index contributed by atoms with van der Waals surface area (Å²) in [6.07, 6.45) is -2.12. The number of hydrogen-bond donors (Lipinski definition) is 1. The Kier molecular flexibility index (Phi) is 4.44. The normalized spacial score (nSPS) is 15.9. The van der Waals surface area contributed by atoms with Gasteiger partial charge in [-0.25, -0.2) is 14.8 Å². The Morgan fingerprint density at radius 1 is 1.21 bits per heavy atom. The first-order chi connectivity index (χ1) is 13.5. The van der Waals surface area contributed by atoms with Crippen LogP contribution in [0, 0.1) is 5.92 Å². The predicted molar refractivity (Wildman–Crippen MR) is 98.6 cm³/mol. The van der Waals surface area contributed by atoms with Crippen LogP contribution in [0.25, 0.3) is 11.0 Å². The van der Waals surface area contributed by atoms with Gasteiger partial charge in [0.2, 0.25) is 0 Å². The summed E-state index contributed by atoms with van der Waals surface area (Å²) in [6, 6.07) is 13.7. The van der Waals surface area contributed by atoms with E-state index in [0.717, 1.165) is 14.9 Å². The minimum Gasteiger partial charge on any atom is -0.368 e. The summed E-state index contributed by atoms with van der Waals surface area (Å²) in [4.78, 5) is 32.1. The highest BCUT2D eigenvalue weighted by molar-refractivity contribution is 5.99. The molecule has 2 heterocycles. The van der Waals surface area contributed by atoms with Gasteiger partial charge in [-0.2, -0.15) is 0 Å². The lowest BCUT2D eigenvalue weighted by Crippen LogP contribution is -2.52. The molecule has 0 spiro atoms. The summed E-state index contributed by atoms with van der Waals surface area (Å²) < 4.78 is 0. The van der Waals surface area contributed by atoms with Gasteiger partial charge in [0.25, 0.3) is 5.91 Å². The predicted octanol–water partition coefficient (Wildman–Crippen LogP) is 2.00. The second-order valence-electron chi connectivity index (χ2n) is 6.89. The van der Waals surface area contributed by atoms with Crippen LogP contribution in [0.1, 0.15) is 36.0 Å². The van der Waals surface area contributed by atoms with Gasteiger partial charge in [-0.3, -0.25) is 9.63 Å².